The Balaban J connectivity index is 0.00000225. The Bertz CT molecular complexity index is 720. The largest absolute Gasteiger partial charge is 0.453 e. The molecule has 0 radical (unpaired) electrons. The fourth-order valence-electron chi connectivity index (χ4n) is 4.44. The van der Waals surface area contributed by atoms with E-state index >= 15 is 0 Å². The molecule has 3 aliphatic carbocycles. The van der Waals surface area contributed by atoms with Gasteiger partial charge in [-0.2, -0.15) is 0 Å². The minimum atomic E-state index is -0.414. The van der Waals surface area contributed by atoms with E-state index in [2.05, 4.69) is 41.2 Å². The Labute approximate surface area is 162 Å². The summed E-state index contributed by atoms with van der Waals surface area (Å²) in [5, 5.41) is 2.76. The predicted molar refractivity (Wildman–Crippen MR) is 106 cm³/mol. The van der Waals surface area contributed by atoms with Gasteiger partial charge in [0.2, 0.25) is 5.91 Å². The first-order valence-electron chi connectivity index (χ1n) is 10.1. The summed E-state index contributed by atoms with van der Waals surface area (Å²) in [6.45, 7) is 2.34. The van der Waals surface area contributed by atoms with Crippen LogP contribution in [0.5, 0.6) is 0 Å². The van der Waals surface area contributed by atoms with Gasteiger partial charge < -0.3 is 15.0 Å². The summed E-state index contributed by atoms with van der Waals surface area (Å²) in [4.78, 5) is 25.8. The summed E-state index contributed by atoms with van der Waals surface area (Å²) < 4.78 is 4.60. The highest BCUT2D eigenvalue weighted by atomic mass is 16.5. The zero-order valence-electron chi connectivity index (χ0n) is 16.5. The molecule has 0 saturated heterocycles. The fraction of sp³-hybridized carbons (Fsp3) is 0.636. The van der Waals surface area contributed by atoms with Crippen LogP contribution in [0.1, 0.15) is 63.9 Å². The van der Waals surface area contributed by atoms with Gasteiger partial charge in [0, 0.05) is 26.5 Å². The standard InChI is InChI=1S/C22H30N2O3.H2/c1-22(8-9-22)17-6-4-14(5-7-17)15-12-19(13-15)24(2)20(25)16-10-18(11-16)23-21(26)27-3;/h4-7,15-16,18-19H,8-13H2,1-3H3,(H,23,26);1H. The SMILES string of the molecule is COC(=O)NC1CC(C(=O)N(C)C2CC(c3ccc(C4(C)CC4)cc3)C2)C1.[HH]. The molecule has 0 aromatic heterocycles. The van der Waals surface area contributed by atoms with E-state index in [1.807, 2.05) is 11.9 Å². The maximum absolute atomic E-state index is 12.6. The summed E-state index contributed by atoms with van der Waals surface area (Å²) in [5.74, 6) is 0.828. The lowest BCUT2D eigenvalue weighted by Crippen LogP contribution is -2.53. The molecule has 0 bridgehead atoms. The molecule has 3 aliphatic rings. The third-order valence-corrected chi connectivity index (χ3v) is 7.08. The van der Waals surface area contributed by atoms with Crippen LogP contribution in [0, 0.1) is 5.92 Å². The third-order valence-electron chi connectivity index (χ3n) is 7.08. The molecule has 3 fully saturated rings. The van der Waals surface area contributed by atoms with Crippen LogP contribution >= 0.6 is 0 Å². The molecule has 1 aromatic carbocycles. The van der Waals surface area contributed by atoms with E-state index in [4.69, 9.17) is 0 Å². The summed E-state index contributed by atoms with van der Waals surface area (Å²) in [5.41, 5.74) is 3.30. The van der Waals surface area contributed by atoms with Gasteiger partial charge in [-0.15, -0.1) is 0 Å². The van der Waals surface area contributed by atoms with Crippen LogP contribution in [0.2, 0.25) is 0 Å². The number of carbonyl (C=O) groups excluding carboxylic acids is 2. The van der Waals surface area contributed by atoms with Crippen molar-refractivity contribution in [3.63, 3.8) is 0 Å². The Morgan fingerprint density at radius 3 is 2.33 bits per heavy atom. The van der Waals surface area contributed by atoms with Gasteiger partial charge in [-0.3, -0.25) is 4.79 Å². The molecule has 0 spiro atoms. The molecule has 148 valence electrons. The fourth-order valence-corrected chi connectivity index (χ4v) is 4.44. The van der Waals surface area contributed by atoms with Crippen molar-refractivity contribution < 1.29 is 15.8 Å². The summed E-state index contributed by atoms with van der Waals surface area (Å²) in [6, 6.07) is 9.59. The first-order chi connectivity index (χ1) is 12.9. The number of ether oxygens (including phenoxy) is 1. The van der Waals surface area contributed by atoms with E-state index < -0.39 is 6.09 Å². The number of alkyl carbamates (subject to hydrolysis) is 1. The number of methoxy groups -OCH3 is 1. The minimum Gasteiger partial charge on any atom is -0.453 e. The topological polar surface area (TPSA) is 58.6 Å². The number of benzene rings is 1. The average Bonchev–Trinajstić information content (AvgIpc) is 3.34. The van der Waals surface area contributed by atoms with Crippen molar-refractivity contribution in [2.45, 2.75) is 68.9 Å². The van der Waals surface area contributed by atoms with Gasteiger partial charge in [0.1, 0.15) is 0 Å². The second-order valence-corrected chi connectivity index (χ2v) is 8.96. The maximum Gasteiger partial charge on any atom is 0.407 e. The number of hydrogen-bond acceptors (Lipinski definition) is 3. The molecule has 1 N–H and O–H groups in total. The van der Waals surface area contributed by atoms with Gasteiger partial charge in [-0.25, -0.2) is 4.79 Å². The second-order valence-electron chi connectivity index (χ2n) is 8.96. The molecule has 4 rings (SSSR count). The number of rotatable bonds is 5. The zero-order valence-corrected chi connectivity index (χ0v) is 16.5. The Kier molecular flexibility index (Phi) is 4.65. The van der Waals surface area contributed by atoms with Crippen LogP contribution in [-0.2, 0) is 14.9 Å². The highest BCUT2D eigenvalue weighted by Gasteiger charge is 2.42. The third kappa shape index (κ3) is 3.56. The molecule has 5 heteroatoms. The van der Waals surface area contributed by atoms with E-state index in [1.54, 1.807) is 0 Å². The van der Waals surface area contributed by atoms with Gasteiger partial charge >= 0.3 is 6.09 Å². The van der Waals surface area contributed by atoms with Crippen molar-refractivity contribution in [1.82, 2.24) is 10.2 Å². The first kappa shape index (κ1) is 18.3. The average molecular weight is 373 g/mol. The summed E-state index contributed by atoms with van der Waals surface area (Å²) >= 11 is 0. The maximum atomic E-state index is 12.6. The van der Waals surface area contributed by atoms with Gasteiger partial charge in [0.15, 0.2) is 0 Å². The first-order valence-corrected chi connectivity index (χ1v) is 10.1. The molecule has 5 nitrogen and oxygen atoms in total. The van der Waals surface area contributed by atoms with Crippen molar-refractivity contribution in [2.75, 3.05) is 14.2 Å². The lowest BCUT2D eigenvalue weighted by molar-refractivity contribution is -0.141. The number of hydrogen-bond donors (Lipinski definition) is 1. The second kappa shape index (κ2) is 6.84. The number of nitrogens with zero attached hydrogens (tertiary/aromatic N) is 1. The van der Waals surface area contributed by atoms with Crippen molar-refractivity contribution in [3.05, 3.63) is 35.4 Å². The highest BCUT2D eigenvalue weighted by Crippen LogP contribution is 2.48. The van der Waals surface area contributed by atoms with Crippen molar-refractivity contribution in [2.24, 2.45) is 5.92 Å². The van der Waals surface area contributed by atoms with Crippen molar-refractivity contribution in [3.8, 4) is 0 Å². The van der Waals surface area contributed by atoms with E-state index in [1.165, 1.54) is 31.1 Å². The van der Waals surface area contributed by atoms with Crippen LogP contribution < -0.4 is 5.32 Å². The van der Waals surface area contributed by atoms with E-state index in [-0.39, 0.29) is 19.3 Å². The van der Waals surface area contributed by atoms with Crippen LogP contribution in [0.25, 0.3) is 0 Å². The van der Waals surface area contributed by atoms with Crippen LogP contribution in [-0.4, -0.2) is 43.1 Å². The molecule has 1 aromatic rings. The lowest BCUT2D eigenvalue weighted by Gasteiger charge is -2.45. The number of nitrogens with one attached hydrogen (secondary N) is 1. The quantitative estimate of drug-likeness (QED) is 0.855. The van der Waals surface area contributed by atoms with Gasteiger partial charge in [0.05, 0.1) is 7.11 Å². The van der Waals surface area contributed by atoms with Crippen molar-refractivity contribution >= 4 is 12.0 Å². The predicted octanol–water partition coefficient (Wildman–Crippen LogP) is 3.82. The van der Waals surface area contributed by atoms with Crippen LogP contribution in [0.3, 0.4) is 0 Å². The zero-order chi connectivity index (χ0) is 19.2. The van der Waals surface area contributed by atoms with E-state index in [0.29, 0.717) is 30.2 Å². The molecule has 0 heterocycles. The number of amides is 2. The van der Waals surface area contributed by atoms with E-state index in [9.17, 15) is 9.59 Å². The van der Waals surface area contributed by atoms with Crippen molar-refractivity contribution in [1.29, 1.82) is 0 Å². The number of carbonyl (C=O) groups is 2. The smallest absolute Gasteiger partial charge is 0.407 e. The Hall–Kier alpha value is -2.04. The molecule has 0 aliphatic heterocycles. The molecular weight excluding hydrogens is 340 g/mol. The molecule has 3 saturated carbocycles. The van der Waals surface area contributed by atoms with Gasteiger partial charge in [-0.05, 0) is 61.0 Å². The summed E-state index contributed by atoms with van der Waals surface area (Å²) in [6.07, 6.45) is 5.74. The molecule has 0 atom stereocenters. The van der Waals surface area contributed by atoms with Gasteiger partial charge in [0.25, 0.3) is 0 Å². The summed E-state index contributed by atoms with van der Waals surface area (Å²) in [7, 11) is 3.29. The van der Waals surface area contributed by atoms with Gasteiger partial charge in [-0.1, -0.05) is 31.2 Å². The van der Waals surface area contributed by atoms with Crippen LogP contribution in [0.15, 0.2) is 24.3 Å². The normalized spacial score (nSPS) is 30.5. The molecular formula is C22H32N2O3. The molecule has 2 amide bonds. The van der Waals surface area contributed by atoms with Crippen LogP contribution in [0.4, 0.5) is 4.79 Å². The Morgan fingerprint density at radius 1 is 1.15 bits per heavy atom. The lowest BCUT2D eigenvalue weighted by atomic mass is 9.73. The highest BCUT2D eigenvalue weighted by molar-refractivity contribution is 5.80. The minimum absolute atomic E-state index is 0. The Morgan fingerprint density at radius 2 is 1.78 bits per heavy atom. The molecule has 0 unspecified atom stereocenters. The monoisotopic (exact) mass is 372 g/mol. The molecule has 27 heavy (non-hydrogen) atoms. The van der Waals surface area contributed by atoms with E-state index in [0.717, 1.165) is 12.8 Å².